The number of hydrogen-bond donors (Lipinski definition) is 1. The van der Waals surface area contributed by atoms with Crippen molar-refractivity contribution in [2.45, 2.75) is 0 Å². The zero-order valence-electron chi connectivity index (χ0n) is 10.6. The van der Waals surface area contributed by atoms with E-state index < -0.39 is 0 Å². The summed E-state index contributed by atoms with van der Waals surface area (Å²) in [6.45, 7) is 0. The number of fused-ring (bicyclic) bond motifs is 2. The molecule has 0 aliphatic heterocycles. The van der Waals surface area contributed by atoms with Gasteiger partial charge in [-0.1, -0.05) is 30.3 Å². The summed E-state index contributed by atoms with van der Waals surface area (Å²) >= 11 is 0. The van der Waals surface area contributed by atoms with Crippen molar-refractivity contribution < 1.29 is 5.11 Å². The molecule has 4 aromatic rings. The molecule has 20 heavy (non-hydrogen) atoms. The normalized spacial score (nSPS) is 11.2. The molecule has 96 valence electrons. The quantitative estimate of drug-likeness (QED) is 0.572. The first-order valence-electron chi connectivity index (χ1n) is 6.35. The Morgan fingerprint density at radius 3 is 2.30 bits per heavy atom. The molecule has 1 heterocycles. The number of aromatic nitrogens is 3. The predicted octanol–water partition coefficient (Wildman–Crippen LogP) is 3.28. The van der Waals surface area contributed by atoms with E-state index in [9.17, 15) is 5.11 Å². The van der Waals surface area contributed by atoms with Crippen molar-refractivity contribution in [3.8, 4) is 11.4 Å². The van der Waals surface area contributed by atoms with Crippen LogP contribution in [0.15, 0.2) is 60.7 Å². The van der Waals surface area contributed by atoms with Gasteiger partial charge in [0.15, 0.2) is 0 Å². The lowest BCUT2D eigenvalue weighted by atomic mass is 10.1. The lowest BCUT2D eigenvalue weighted by Crippen LogP contribution is -1.99. The van der Waals surface area contributed by atoms with E-state index in [-0.39, 0.29) is 5.75 Å². The van der Waals surface area contributed by atoms with Gasteiger partial charge in [-0.05, 0) is 35.7 Å². The van der Waals surface area contributed by atoms with E-state index in [0.29, 0.717) is 0 Å². The highest BCUT2D eigenvalue weighted by atomic mass is 16.3. The molecular weight excluding hydrogens is 250 g/mol. The van der Waals surface area contributed by atoms with Crippen LogP contribution in [0.25, 0.3) is 27.5 Å². The van der Waals surface area contributed by atoms with Gasteiger partial charge in [0, 0.05) is 5.39 Å². The molecule has 0 atom stereocenters. The fraction of sp³-hybridized carbons (Fsp3) is 0. The van der Waals surface area contributed by atoms with Crippen LogP contribution in [0.3, 0.4) is 0 Å². The summed E-state index contributed by atoms with van der Waals surface area (Å²) in [4.78, 5) is 1.62. The molecule has 0 fully saturated rings. The minimum absolute atomic E-state index is 0.238. The maximum absolute atomic E-state index is 9.69. The molecule has 0 saturated carbocycles. The van der Waals surface area contributed by atoms with Crippen molar-refractivity contribution >= 4 is 21.8 Å². The Bertz CT molecular complexity index is 894. The van der Waals surface area contributed by atoms with Gasteiger partial charge < -0.3 is 5.11 Å². The van der Waals surface area contributed by atoms with Gasteiger partial charge in [-0.3, -0.25) is 0 Å². The number of nitrogens with zero attached hydrogens (tertiary/aromatic N) is 3. The molecule has 4 heteroatoms. The molecule has 0 radical (unpaired) electrons. The molecule has 3 aromatic carbocycles. The molecular formula is C16H11N3O. The van der Waals surface area contributed by atoms with Crippen LogP contribution >= 0.6 is 0 Å². The van der Waals surface area contributed by atoms with Crippen LogP contribution in [0.1, 0.15) is 0 Å². The second-order valence-corrected chi connectivity index (χ2v) is 4.66. The van der Waals surface area contributed by atoms with Crippen molar-refractivity contribution in [3.63, 3.8) is 0 Å². The van der Waals surface area contributed by atoms with Crippen LogP contribution in [0.5, 0.6) is 5.75 Å². The van der Waals surface area contributed by atoms with Crippen molar-refractivity contribution in [2.75, 3.05) is 0 Å². The molecule has 4 rings (SSSR count). The summed E-state index contributed by atoms with van der Waals surface area (Å²) < 4.78 is 0. The number of phenolic OH excluding ortho intramolecular Hbond substituents is 1. The highest BCUT2D eigenvalue weighted by Crippen LogP contribution is 2.25. The molecule has 0 aliphatic rings. The Morgan fingerprint density at radius 2 is 1.55 bits per heavy atom. The number of benzene rings is 3. The van der Waals surface area contributed by atoms with Crippen LogP contribution in [0.2, 0.25) is 0 Å². The van der Waals surface area contributed by atoms with E-state index in [4.69, 9.17) is 0 Å². The standard InChI is InChI=1S/C16H11N3O/c20-12-9-8-11-4-3-7-16(13(11)10-12)19-17-14-5-1-2-6-15(14)18-19/h1-10,20H. The Labute approximate surface area is 114 Å². The fourth-order valence-electron chi connectivity index (χ4n) is 2.39. The number of phenols is 1. The third kappa shape index (κ3) is 1.62. The van der Waals surface area contributed by atoms with Crippen LogP contribution in [0, 0.1) is 0 Å². The van der Waals surface area contributed by atoms with E-state index in [1.165, 1.54) is 0 Å². The fourth-order valence-corrected chi connectivity index (χ4v) is 2.39. The van der Waals surface area contributed by atoms with Gasteiger partial charge in [0.25, 0.3) is 0 Å². The molecule has 4 nitrogen and oxygen atoms in total. The van der Waals surface area contributed by atoms with Crippen molar-refractivity contribution in [3.05, 3.63) is 60.7 Å². The van der Waals surface area contributed by atoms with Gasteiger partial charge in [0.1, 0.15) is 16.8 Å². The Balaban J connectivity index is 2.03. The number of hydrogen-bond acceptors (Lipinski definition) is 3. The first kappa shape index (κ1) is 11.0. The van der Waals surface area contributed by atoms with Crippen LogP contribution in [0.4, 0.5) is 0 Å². The van der Waals surface area contributed by atoms with E-state index in [1.54, 1.807) is 16.9 Å². The molecule has 0 saturated heterocycles. The van der Waals surface area contributed by atoms with Crippen molar-refractivity contribution in [2.24, 2.45) is 0 Å². The smallest absolute Gasteiger partial charge is 0.116 e. The van der Waals surface area contributed by atoms with Crippen LogP contribution in [-0.2, 0) is 0 Å². The minimum atomic E-state index is 0.238. The summed E-state index contributed by atoms with van der Waals surface area (Å²) in [5, 5.41) is 20.6. The predicted molar refractivity (Wildman–Crippen MR) is 78.0 cm³/mol. The van der Waals surface area contributed by atoms with E-state index in [0.717, 1.165) is 27.5 Å². The van der Waals surface area contributed by atoms with Gasteiger partial charge >= 0.3 is 0 Å². The molecule has 0 bridgehead atoms. The lowest BCUT2D eigenvalue weighted by Gasteiger charge is -2.05. The van der Waals surface area contributed by atoms with Gasteiger partial charge in [-0.2, -0.15) is 0 Å². The van der Waals surface area contributed by atoms with E-state index >= 15 is 0 Å². The zero-order valence-corrected chi connectivity index (χ0v) is 10.6. The van der Waals surface area contributed by atoms with Gasteiger partial charge in [-0.15, -0.1) is 15.0 Å². The Kier molecular flexibility index (Phi) is 2.23. The second kappa shape index (κ2) is 4.06. The first-order chi connectivity index (χ1) is 9.81. The van der Waals surface area contributed by atoms with E-state index in [2.05, 4.69) is 10.2 Å². The third-order valence-electron chi connectivity index (χ3n) is 3.34. The largest absolute Gasteiger partial charge is 0.508 e. The summed E-state index contributed by atoms with van der Waals surface area (Å²) in [6.07, 6.45) is 0. The topological polar surface area (TPSA) is 50.9 Å². The summed E-state index contributed by atoms with van der Waals surface area (Å²) in [5.41, 5.74) is 2.56. The SMILES string of the molecule is Oc1ccc2cccc(-n3nc4ccccc4n3)c2c1. The maximum atomic E-state index is 9.69. The van der Waals surface area contributed by atoms with Gasteiger partial charge in [-0.25, -0.2) is 0 Å². The Morgan fingerprint density at radius 1 is 0.800 bits per heavy atom. The summed E-state index contributed by atoms with van der Waals surface area (Å²) in [5.74, 6) is 0.238. The van der Waals surface area contributed by atoms with Gasteiger partial charge in [0.05, 0.1) is 5.69 Å². The van der Waals surface area contributed by atoms with Crippen molar-refractivity contribution in [1.29, 1.82) is 0 Å². The van der Waals surface area contributed by atoms with Crippen LogP contribution in [-0.4, -0.2) is 20.1 Å². The first-order valence-corrected chi connectivity index (χ1v) is 6.35. The lowest BCUT2D eigenvalue weighted by molar-refractivity contribution is 0.476. The second-order valence-electron chi connectivity index (χ2n) is 4.66. The summed E-state index contributed by atoms with van der Waals surface area (Å²) in [7, 11) is 0. The average Bonchev–Trinajstić information content (AvgIpc) is 2.90. The van der Waals surface area contributed by atoms with Crippen molar-refractivity contribution in [1.82, 2.24) is 15.0 Å². The molecule has 0 amide bonds. The minimum Gasteiger partial charge on any atom is -0.508 e. The zero-order chi connectivity index (χ0) is 13.5. The van der Waals surface area contributed by atoms with E-state index in [1.807, 2.05) is 48.5 Å². The Hall–Kier alpha value is -2.88. The monoisotopic (exact) mass is 261 g/mol. The highest BCUT2D eigenvalue weighted by molar-refractivity contribution is 5.91. The van der Waals surface area contributed by atoms with Gasteiger partial charge in [0.2, 0.25) is 0 Å². The third-order valence-corrected chi connectivity index (χ3v) is 3.34. The highest BCUT2D eigenvalue weighted by Gasteiger charge is 2.08. The molecule has 0 spiro atoms. The molecule has 0 aliphatic carbocycles. The number of aromatic hydroxyl groups is 1. The average molecular weight is 261 g/mol. The maximum Gasteiger partial charge on any atom is 0.116 e. The molecule has 1 aromatic heterocycles. The molecule has 0 unspecified atom stereocenters. The molecule has 1 N–H and O–H groups in total. The van der Waals surface area contributed by atoms with Crippen LogP contribution < -0.4 is 0 Å². The number of rotatable bonds is 1. The summed E-state index contributed by atoms with van der Waals surface area (Å²) in [6, 6.07) is 19.0.